The molecule has 1 N–H and O–H groups in total. The highest BCUT2D eigenvalue weighted by Crippen LogP contribution is 2.50. The molecule has 1 fully saturated rings. The van der Waals surface area contributed by atoms with Crippen molar-refractivity contribution in [2.45, 2.75) is 31.3 Å². The molecule has 1 aromatic heterocycles. The zero-order valence-electron chi connectivity index (χ0n) is 7.80. The maximum absolute atomic E-state index is 12.6. The molecule has 1 heterocycles. The Morgan fingerprint density at radius 1 is 1.43 bits per heavy atom. The van der Waals surface area contributed by atoms with Crippen molar-refractivity contribution in [1.29, 1.82) is 0 Å². The van der Waals surface area contributed by atoms with Crippen LogP contribution in [-0.2, 0) is 5.60 Å². The molecule has 1 saturated carbocycles. The zero-order valence-corrected chi connectivity index (χ0v) is 7.80. The Morgan fingerprint density at radius 3 is 2.57 bits per heavy atom. The van der Waals surface area contributed by atoms with Gasteiger partial charge in [0.2, 0.25) is 0 Å². The lowest BCUT2D eigenvalue weighted by Gasteiger charge is -2.42. The lowest BCUT2D eigenvalue weighted by Crippen LogP contribution is -2.49. The molecule has 0 saturated heterocycles. The maximum atomic E-state index is 12.6. The van der Waals surface area contributed by atoms with E-state index in [4.69, 9.17) is 0 Å². The van der Waals surface area contributed by atoms with Gasteiger partial charge in [0.25, 0.3) is 5.92 Å². The summed E-state index contributed by atoms with van der Waals surface area (Å²) in [4.78, 5) is 3.92. The van der Waals surface area contributed by atoms with E-state index < -0.39 is 24.4 Å². The maximum Gasteiger partial charge on any atom is 0.254 e. The van der Waals surface area contributed by atoms with Crippen molar-refractivity contribution in [1.82, 2.24) is 4.98 Å². The molecule has 1 aliphatic rings. The van der Waals surface area contributed by atoms with Crippen LogP contribution in [-0.4, -0.2) is 16.0 Å². The number of hydrogen-bond donors (Lipinski definition) is 1. The van der Waals surface area contributed by atoms with Crippen LogP contribution in [0.15, 0.2) is 18.3 Å². The van der Waals surface area contributed by atoms with Crippen LogP contribution in [0.1, 0.15) is 24.1 Å². The molecule has 0 spiro atoms. The molecule has 2 rings (SSSR count). The van der Waals surface area contributed by atoms with Gasteiger partial charge in [-0.05, 0) is 24.6 Å². The molecule has 1 aromatic rings. The van der Waals surface area contributed by atoms with Crippen LogP contribution >= 0.6 is 0 Å². The summed E-state index contributed by atoms with van der Waals surface area (Å²) >= 11 is 0. The molecule has 0 radical (unpaired) electrons. The van der Waals surface area contributed by atoms with Gasteiger partial charge in [-0.15, -0.1) is 0 Å². The summed E-state index contributed by atoms with van der Waals surface area (Å²) in [5.74, 6) is -2.74. The van der Waals surface area contributed by atoms with Crippen LogP contribution in [0.2, 0.25) is 0 Å². The van der Waals surface area contributed by atoms with Gasteiger partial charge in [-0.25, -0.2) is 8.78 Å². The van der Waals surface area contributed by atoms with Crippen LogP contribution in [0.3, 0.4) is 0 Å². The van der Waals surface area contributed by atoms with E-state index in [1.54, 1.807) is 12.1 Å². The van der Waals surface area contributed by atoms with E-state index in [0.717, 1.165) is 5.56 Å². The predicted octanol–water partition coefficient (Wildman–Crippen LogP) is 2.01. The number of aliphatic hydroxyl groups is 1. The molecule has 2 nitrogen and oxygen atoms in total. The molecule has 0 unspecified atom stereocenters. The molecule has 1 aliphatic carbocycles. The SMILES string of the molecule is Cc1ccnc(C2(O)CC(F)(F)C2)c1. The highest BCUT2D eigenvalue weighted by atomic mass is 19.3. The van der Waals surface area contributed by atoms with Gasteiger partial charge in [0.1, 0.15) is 5.60 Å². The summed E-state index contributed by atoms with van der Waals surface area (Å²) in [5.41, 5.74) is -0.155. The van der Waals surface area contributed by atoms with Gasteiger partial charge in [-0.1, -0.05) is 0 Å². The first-order valence-electron chi connectivity index (χ1n) is 4.45. The normalized spacial score (nSPS) is 22.9. The molecular weight excluding hydrogens is 188 g/mol. The molecule has 0 bridgehead atoms. The van der Waals surface area contributed by atoms with E-state index in [1.807, 2.05) is 6.92 Å². The Kier molecular flexibility index (Phi) is 1.86. The van der Waals surface area contributed by atoms with Crippen LogP contribution in [0.4, 0.5) is 8.78 Å². The fraction of sp³-hybridized carbons (Fsp3) is 0.500. The first kappa shape index (κ1) is 9.52. The van der Waals surface area contributed by atoms with Crippen molar-refractivity contribution in [3.05, 3.63) is 29.6 Å². The molecule has 0 aromatic carbocycles. The van der Waals surface area contributed by atoms with Crippen LogP contribution < -0.4 is 0 Å². The number of rotatable bonds is 1. The van der Waals surface area contributed by atoms with Gasteiger partial charge in [0, 0.05) is 19.0 Å². The van der Waals surface area contributed by atoms with Gasteiger partial charge in [-0.3, -0.25) is 4.98 Å². The van der Waals surface area contributed by atoms with Crippen molar-refractivity contribution in [2.24, 2.45) is 0 Å². The second kappa shape index (κ2) is 2.73. The van der Waals surface area contributed by atoms with Crippen molar-refractivity contribution >= 4 is 0 Å². The minimum atomic E-state index is -2.74. The number of nitrogens with zero attached hydrogens (tertiary/aromatic N) is 1. The Labute approximate surface area is 80.6 Å². The van der Waals surface area contributed by atoms with E-state index in [0.29, 0.717) is 5.69 Å². The molecule has 14 heavy (non-hydrogen) atoms. The fourth-order valence-electron chi connectivity index (χ4n) is 1.78. The number of alkyl halides is 2. The summed E-state index contributed by atoms with van der Waals surface area (Å²) < 4.78 is 25.3. The van der Waals surface area contributed by atoms with Crippen LogP contribution in [0, 0.1) is 6.92 Å². The van der Waals surface area contributed by atoms with E-state index in [9.17, 15) is 13.9 Å². The van der Waals surface area contributed by atoms with Crippen LogP contribution in [0.5, 0.6) is 0 Å². The molecule has 0 amide bonds. The Balaban J connectivity index is 2.25. The Hall–Kier alpha value is -1.03. The van der Waals surface area contributed by atoms with E-state index in [-0.39, 0.29) is 0 Å². The topological polar surface area (TPSA) is 33.1 Å². The van der Waals surface area contributed by atoms with Gasteiger partial charge in [0.05, 0.1) is 5.69 Å². The molecule has 0 aliphatic heterocycles. The third-order valence-corrected chi connectivity index (χ3v) is 2.49. The quantitative estimate of drug-likeness (QED) is 0.750. The lowest BCUT2D eigenvalue weighted by molar-refractivity contribution is -0.212. The molecular formula is C10H11F2NO. The summed E-state index contributed by atoms with van der Waals surface area (Å²) in [6.45, 7) is 1.84. The lowest BCUT2D eigenvalue weighted by atomic mass is 9.74. The standard InChI is InChI=1S/C10H11F2NO/c1-7-2-3-13-8(4-7)9(14)5-10(11,12)6-9/h2-4,14H,5-6H2,1H3. The Morgan fingerprint density at radius 2 is 2.07 bits per heavy atom. The number of hydrogen-bond acceptors (Lipinski definition) is 2. The van der Waals surface area contributed by atoms with Gasteiger partial charge >= 0.3 is 0 Å². The average Bonchev–Trinajstić information content (AvgIpc) is 2.00. The van der Waals surface area contributed by atoms with Gasteiger partial charge in [-0.2, -0.15) is 0 Å². The van der Waals surface area contributed by atoms with E-state index in [2.05, 4.69) is 4.98 Å². The Bertz CT molecular complexity index is 357. The highest BCUT2D eigenvalue weighted by Gasteiger charge is 2.57. The second-order valence-corrected chi connectivity index (χ2v) is 3.96. The van der Waals surface area contributed by atoms with Gasteiger partial charge in [0.15, 0.2) is 0 Å². The van der Waals surface area contributed by atoms with E-state index >= 15 is 0 Å². The molecule has 76 valence electrons. The van der Waals surface area contributed by atoms with Crippen molar-refractivity contribution < 1.29 is 13.9 Å². The third-order valence-electron chi connectivity index (χ3n) is 2.49. The molecule has 4 heteroatoms. The van der Waals surface area contributed by atoms with Crippen molar-refractivity contribution in [3.8, 4) is 0 Å². The zero-order chi connectivity index (χ0) is 10.4. The monoisotopic (exact) mass is 199 g/mol. The number of aromatic nitrogens is 1. The average molecular weight is 199 g/mol. The molecule has 0 atom stereocenters. The first-order valence-corrected chi connectivity index (χ1v) is 4.45. The smallest absolute Gasteiger partial charge is 0.254 e. The fourth-order valence-corrected chi connectivity index (χ4v) is 1.78. The summed E-state index contributed by atoms with van der Waals surface area (Å²) in [6.07, 6.45) is 0.492. The number of pyridine rings is 1. The van der Waals surface area contributed by atoms with Crippen molar-refractivity contribution in [2.75, 3.05) is 0 Å². The third kappa shape index (κ3) is 1.50. The largest absolute Gasteiger partial charge is 0.383 e. The summed E-state index contributed by atoms with van der Waals surface area (Å²) in [5, 5.41) is 9.80. The second-order valence-electron chi connectivity index (χ2n) is 3.96. The van der Waals surface area contributed by atoms with Crippen LogP contribution in [0.25, 0.3) is 0 Å². The van der Waals surface area contributed by atoms with Crippen molar-refractivity contribution in [3.63, 3.8) is 0 Å². The predicted molar refractivity (Wildman–Crippen MR) is 47.1 cm³/mol. The minimum Gasteiger partial charge on any atom is -0.383 e. The number of halogens is 2. The number of aryl methyl sites for hydroxylation is 1. The highest BCUT2D eigenvalue weighted by molar-refractivity contribution is 5.23. The van der Waals surface area contributed by atoms with E-state index in [1.165, 1.54) is 6.20 Å². The first-order chi connectivity index (χ1) is 6.41. The summed E-state index contributed by atoms with van der Waals surface area (Å²) in [7, 11) is 0. The minimum absolute atomic E-state index is 0.350. The van der Waals surface area contributed by atoms with Gasteiger partial charge < -0.3 is 5.11 Å². The summed E-state index contributed by atoms with van der Waals surface area (Å²) in [6, 6.07) is 3.42.